The second-order valence-electron chi connectivity index (χ2n) is 14.2. The van der Waals surface area contributed by atoms with Crippen molar-refractivity contribution in [3.63, 3.8) is 0 Å². The molecule has 0 aliphatic heterocycles. The van der Waals surface area contributed by atoms with E-state index in [-0.39, 0.29) is 0 Å². The first-order valence-corrected chi connectivity index (χ1v) is 19.6. The third kappa shape index (κ3) is 5.32. The minimum Gasteiger partial charge on any atom is -0.310 e. The summed E-state index contributed by atoms with van der Waals surface area (Å²) in [6, 6.07) is 75.1. The Bertz CT molecular complexity index is 3150. The summed E-state index contributed by atoms with van der Waals surface area (Å²) in [5, 5.41) is 7.74. The highest BCUT2D eigenvalue weighted by atomic mass is 32.1. The Morgan fingerprint density at radius 2 is 0.927 bits per heavy atom. The number of hydrogen-bond acceptors (Lipinski definition) is 2. The lowest BCUT2D eigenvalue weighted by Gasteiger charge is -2.26. The Morgan fingerprint density at radius 1 is 0.345 bits per heavy atom. The van der Waals surface area contributed by atoms with Gasteiger partial charge >= 0.3 is 0 Å². The maximum absolute atomic E-state index is 2.40. The topological polar surface area (TPSA) is 8.17 Å². The number of benzene rings is 9. The van der Waals surface area contributed by atoms with Crippen LogP contribution in [0.5, 0.6) is 0 Å². The number of aromatic nitrogens is 1. The van der Waals surface area contributed by atoms with Crippen LogP contribution in [0.4, 0.5) is 17.1 Å². The Labute approximate surface area is 323 Å². The van der Waals surface area contributed by atoms with E-state index in [2.05, 4.69) is 216 Å². The van der Waals surface area contributed by atoms with Crippen LogP contribution < -0.4 is 4.90 Å². The van der Waals surface area contributed by atoms with Crippen LogP contribution in [0.2, 0.25) is 0 Å². The zero-order chi connectivity index (χ0) is 36.3. The zero-order valence-electron chi connectivity index (χ0n) is 29.9. The Kier molecular flexibility index (Phi) is 7.39. The van der Waals surface area contributed by atoms with Crippen LogP contribution in [-0.4, -0.2) is 4.57 Å². The molecule has 2 aromatic heterocycles. The summed E-state index contributed by atoms with van der Waals surface area (Å²) in [7, 11) is 0. The molecule has 11 aromatic rings. The van der Waals surface area contributed by atoms with E-state index in [0.29, 0.717) is 0 Å². The van der Waals surface area contributed by atoms with E-state index in [1.807, 2.05) is 11.3 Å². The molecule has 0 unspecified atom stereocenters. The van der Waals surface area contributed by atoms with Gasteiger partial charge in [0, 0.05) is 53.7 Å². The number of anilines is 3. The lowest BCUT2D eigenvalue weighted by Crippen LogP contribution is -2.09. The summed E-state index contributed by atoms with van der Waals surface area (Å²) in [6.45, 7) is 0. The van der Waals surface area contributed by atoms with E-state index >= 15 is 0 Å². The van der Waals surface area contributed by atoms with Gasteiger partial charge in [0.25, 0.3) is 0 Å². The zero-order valence-corrected chi connectivity index (χ0v) is 30.7. The number of rotatable bonds is 6. The molecule has 2 nitrogen and oxygen atoms in total. The summed E-state index contributed by atoms with van der Waals surface area (Å²) < 4.78 is 5.01. The lowest BCUT2D eigenvalue weighted by molar-refractivity contribution is 1.18. The molecule has 2 heterocycles. The van der Waals surface area contributed by atoms with E-state index in [4.69, 9.17) is 0 Å². The minimum absolute atomic E-state index is 1.11. The van der Waals surface area contributed by atoms with Crippen molar-refractivity contribution in [2.75, 3.05) is 4.90 Å². The Morgan fingerprint density at radius 3 is 1.71 bits per heavy atom. The van der Waals surface area contributed by atoms with E-state index in [9.17, 15) is 0 Å². The van der Waals surface area contributed by atoms with Crippen LogP contribution in [-0.2, 0) is 0 Å². The van der Waals surface area contributed by atoms with Gasteiger partial charge < -0.3 is 9.47 Å². The molecule has 0 fully saturated rings. The van der Waals surface area contributed by atoms with E-state index < -0.39 is 0 Å². The van der Waals surface area contributed by atoms with E-state index in [0.717, 1.165) is 22.7 Å². The molecular formula is C52H34N2S. The summed E-state index contributed by atoms with van der Waals surface area (Å²) in [4.78, 5) is 2.40. The second-order valence-corrected chi connectivity index (χ2v) is 15.2. The molecule has 9 aromatic carbocycles. The number of nitrogens with zero attached hydrogens (tertiary/aromatic N) is 2. The molecule has 0 aliphatic rings. The molecule has 3 heteroatoms. The summed E-state index contributed by atoms with van der Waals surface area (Å²) in [6.07, 6.45) is 0. The van der Waals surface area contributed by atoms with Gasteiger partial charge in [0.15, 0.2) is 0 Å². The minimum atomic E-state index is 1.11. The normalized spacial score (nSPS) is 11.6. The molecule has 0 amide bonds. The molecule has 0 aliphatic carbocycles. The maximum atomic E-state index is 2.40. The summed E-state index contributed by atoms with van der Waals surface area (Å²) in [5.41, 5.74) is 11.7. The highest BCUT2D eigenvalue weighted by Gasteiger charge is 2.17. The second kappa shape index (κ2) is 12.9. The molecule has 11 rings (SSSR count). The largest absolute Gasteiger partial charge is 0.310 e. The smallest absolute Gasteiger partial charge is 0.0541 e. The van der Waals surface area contributed by atoms with Gasteiger partial charge in [0.05, 0.1) is 11.0 Å². The van der Waals surface area contributed by atoms with Gasteiger partial charge in [-0.15, -0.1) is 11.3 Å². The van der Waals surface area contributed by atoms with Crippen LogP contribution in [0, 0.1) is 0 Å². The van der Waals surface area contributed by atoms with E-state index in [1.165, 1.54) is 75.0 Å². The standard InChI is InChI=1S/C52H34N2S/c1-2-12-35(13-3-1)38-15-10-17-41(32-38)53(43-29-31-47-48-30-26-37-14-4-5-19-44(37)52(48)55-51(47)34-43)40-27-24-36(25-28-40)39-16-11-18-42(33-39)54-49-22-8-6-20-45(49)46-21-7-9-23-50(46)54/h1-34H. The fraction of sp³-hybridized carbons (Fsp3) is 0. The fourth-order valence-electron chi connectivity index (χ4n) is 8.36. The highest BCUT2D eigenvalue weighted by Crippen LogP contribution is 2.43. The molecule has 0 bridgehead atoms. The SMILES string of the molecule is c1ccc(-c2cccc(N(c3ccc(-c4cccc(-n5c6ccccc6c6ccccc65)c4)cc3)c3ccc4c(c3)sc3c5ccccc5ccc43)c2)cc1. The van der Waals surface area contributed by atoms with Crippen molar-refractivity contribution in [2.45, 2.75) is 0 Å². The van der Waals surface area contributed by atoms with Gasteiger partial charge in [-0.3, -0.25) is 0 Å². The molecule has 55 heavy (non-hydrogen) atoms. The van der Waals surface area contributed by atoms with Gasteiger partial charge in [0.2, 0.25) is 0 Å². The summed E-state index contributed by atoms with van der Waals surface area (Å²) >= 11 is 1.89. The fourth-order valence-corrected chi connectivity index (χ4v) is 9.63. The van der Waals surface area contributed by atoms with Crippen molar-refractivity contribution in [1.29, 1.82) is 0 Å². The van der Waals surface area contributed by atoms with Gasteiger partial charge in [0.1, 0.15) is 0 Å². The van der Waals surface area contributed by atoms with Crippen LogP contribution in [0.1, 0.15) is 0 Å². The third-order valence-electron chi connectivity index (χ3n) is 11.0. The summed E-state index contributed by atoms with van der Waals surface area (Å²) in [5.74, 6) is 0. The first-order valence-electron chi connectivity index (χ1n) is 18.8. The van der Waals surface area contributed by atoms with Gasteiger partial charge in [-0.05, 0) is 93.7 Å². The average molecular weight is 719 g/mol. The van der Waals surface area contributed by atoms with Crippen molar-refractivity contribution >= 4 is 81.1 Å². The quantitative estimate of drug-likeness (QED) is 0.166. The number of thiophene rings is 1. The molecule has 0 radical (unpaired) electrons. The number of fused-ring (bicyclic) bond motifs is 8. The molecule has 0 saturated heterocycles. The van der Waals surface area contributed by atoms with Crippen LogP contribution in [0.25, 0.3) is 80.7 Å². The Balaban J connectivity index is 1.03. The van der Waals surface area contributed by atoms with Crippen molar-refractivity contribution in [3.05, 3.63) is 206 Å². The van der Waals surface area contributed by atoms with Gasteiger partial charge in [-0.1, -0.05) is 146 Å². The van der Waals surface area contributed by atoms with Crippen molar-refractivity contribution in [2.24, 2.45) is 0 Å². The van der Waals surface area contributed by atoms with E-state index in [1.54, 1.807) is 0 Å². The molecular weight excluding hydrogens is 685 g/mol. The van der Waals surface area contributed by atoms with Crippen LogP contribution >= 0.6 is 11.3 Å². The van der Waals surface area contributed by atoms with Gasteiger partial charge in [-0.25, -0.2) is 0 Å². The van der Waals surface area contributed by atoms with Crippen LogP contribution in [0.3, 0.4) is 0 Å². The lowest BCUT2D eigenvalue weighted by atomic mass is 10.0. The first-order chi connectivity index (χ1) is 27.3. The average Bonchev–Trinajstić information content (AvgIpc) is 3.80. The molecule has 0 saturated carbocycles. The monoisotopic (exact) mass is 718 g/mol. The molecule has 0 spiro atoms. The number of hydrogen-bond donors (Lipinski definition) is 0. The molecule has 258 valence electrons. The first kappa shape index (κ1) is 31.6. The number of para-hydroxylation sites is 2. The predicted molar refractivity (Wildman–Crippen MR) is 237 cm³/mol. The molecule has 0 N–H and O–H groups in total. The Hall–Kier alpha value is -6.94. The van der Waals surface area contributed by atoms with Crippen LogP contribution in [0.15, 0.2) is 206 Å². The third-order valence-corrected chi connectivity index (χ3v) is 12.2. The maximum Gasteiger partial charge on any atom is 0.0541 e. The molecule has 0 atom stereocenters. The van der Waals surface area contributed by atoms with Gasteiger partial charge in [-0.2, -0.15) is 0 Å². The van der Waals surface area contributed by atoms with Crippen molar-refractivity contribution < 1.29 is 0 Å². The van der Waals surface area contributed by atoms with Crippen molar-refractivity contribution in [1.82, 2.24) is 4.57 Å². The van der Waals surface area contributed by atoms with Crippen molar-refractivity contribution in [3.8, 4) is 27.9 Å². The highest BCUT2D eigenvalue weighted by molar-refractivity contribution is 7.26. The predicted octanol–water partition coefficient (Wildman–Crippen LogP) is 15.1.